The van der Waals surface area contributed by atoms with Crippen LogP contribution in [0.5, 0.6) is 5.75 Å². The molecule has 2 heteroatoms. The highest BCUT2D eigenvalue weighted by atomic mass is 16.5. The number of hydrogen-bond acceptors (Lipinski definition) is 2. The molecule has 0 aliphatic rings. The highest BCUT2D eigenvalue weighted by molar-refractivity contribution is 5.27. The molecule has 0 aromatic heterocycles. The molecule has 0 amide bonds. The van der Waals surface area contributed by atoms with Gasteiger partial charge in [-0.2, -0.15) is 0 Å². The number of aliphatic hydroxyl groups is 1. The van der Waals surface area contributed by atoms with Gasteiger partial charge in [-0.3, -0.25) is 0 Å². The third-order valence-corrected chi connectivity index (χ3v) is 2.66. The second-order valence-electron chi connectivity index (χ2n) is 4.12. The van der Waals surface area contributed by atoms with Gasteiger partial charge in [0.1, 0.15) is 12.4 Å². The van der Waals surface area contributed by atoms with Crippen LogP contribution in [0, 0.1) is 0 Å². The first-order chi connectivity index (χ1) is 7.76. The summed E-state index contributed by atoms with van der Waals surface area (Å²) in [7, 11) is 0. The first-order valence-corrected chi connectivity index (χ1v) is 6.16. The molecule has 1 aromatic carbocycles. The van der Waals surface area contributed by atoms with Gasteiger partial charge >= 0.3 is 0 Å². The Bertz CT molecular complexity index is 279. The molecule has 0 saturated carbocycles. The molecular formula is C14H22O2. The Morgan fingerprint density at radius 2 is 1.88 bits per heavy atom. The fourth-order valence-electron chi connectivity index (χ4n) is 1.44. The summed E-state index contributed by atoms with van der Waals surface area (Å²) in [6, 6.07) is 8.16. The zero-order valence-electron chi connectivity index (χ0n) is 10.3. The maximum atomic E-state index is 9.36. The predicted molar refractivity (Wildman–Crippen MR) is 66.8 cm³/mol. The summed E-state index contributed by atoms with van der Waals surface area (Å²) in [6.45, 7) is 4.52. The topological polar surface area (TPSA) is 29.5 Å². The monoisotopic (exact) mass is 222 g/mol. The minimum atomic E-state index is -0.361. The van der Waals surface area contributed by atoms with Crippen molar-refractivity contribution in [3.63, 3.8) is 0 Å². The Labute approximate surface area is 98.3 Å². The number of aryl methyl sites for hydroxylation is 1. The number of benzene rings is 1. The summed E-state index contributed by atoms with van der Waals surface area (Å²) < 4.78 is 5.47. The fraction of sp³-hybridized carbons (Fsp3) is 0.571. The number of aliphatic hydroxyl groups excluding tert-OH is 1. The van der Waals surface area contributed by atoms with E-state index >= 15 is 0 Å². The van der Waals surface area contributed by atoms with Crippen LogP contribution >= 0.6 is 0 Å². The SMILES string of the molecule is CCCCc1ccc(OCC(O)CC)cc1. The van der Waals surface area contributed by atoms with Crippen molar-refractivity contribution < 1.29 is 9.84 Å². The van der Waals surface area contributed by atoms with Gasteiger partial charge in [-0.15, -0.1) is 0 Å². The maximum absolute atomic E-state index is 9.36. The minimum Gasteiger partial charge on any atom is -0.491 e. The van der Waals surface area contributed by atoms with Crippen molar-refractivity contribution in [2.45, 2.75) is 45.6 Å². The van der Waals surface area contributed by atoms with E-state index in [0.717, 1.165) is 18.6 Å². The maximum Gasteiger partial charge on any atom is 0.119 e. The first-order valence-electron chi connectivity index (χ1n) is 6.16. The molecule has 0 radical (unpaired) electrons. The summed E-state index contributed by atoms with van der Waals surface area (Å²) in [6.07, 6.45) is 3.96. The van der Waals surface area contributed by atoms with Gasteiger partial charge in [0.2, 0.25) is 0 Å². The number of hydrogen-bond donors (Lipinski definition) is 1. The van der Waals surface area contributed by atoms with E-state index in [2.05, 4.69) is 19.1 Å². The van der Waals surface area contributed by atoms with Gasteiger partial charge in [0.05, 0.1) is 6.10 Å². The molecule has 0 spiro atoms. The second-order valence-corrected chi connectivity index (χ2v) is 4.12. The number of unbranched alkanes of at least 4 members (excludes halogenated alkanes) is 1. The van der Waals surface area contributed by atoms with Gasteiger partial charge in [-0.05, 0) is 37.0 Å². The van der Waals surface area contributed by atoms with Crippen LogP contribution in [0.25, 0.3) is 0 Å². The molecular weight excluding hydrogens is 200 g/mol. The van der Waals surface area contributed by atoms with Crippen LogP contribution in [0.15, 0.2) is 24.3 Å². The molecule has 0 fully saturated rings. The summed E-state index contributed by atoms with van der Waals surface area (Å²) in [5, 5.41) is 9.36. The van der Waals surface area contributed by atoms with Crippen LogP contribution in [0.1, 0.15) is 38.7 Å². The Morgan fingerprint density at radius 1 is 1.19 bits per heavy atom. The smallest absolute Gasteiger partial charge is 0.119 e. The van der Waals surface area contributed by atoms with Gasteiger partial charge < -0.3 is 9.84 Å². The van der Waals surface area contributed by atoms with E-state index in [1.807, 2.05) is 19.1 Å². The lowest BCUT2D eigenvalue weighted by atomic mass is 10.1. The molecule has 16 heavy (non-hydrogen) atoms. The van der Waals surface area contributed by atoms with Crippen molar-refractivity contribution >= 4 is 0 Å². The molecule has 1 N–H and O–H groups in total. The van der Waals surface area contributed by atoms with E-state index in [-0.39, 0.29) is 6.10 Å². The Balaban J connectivity index is 2.38. The minimum absolute atomic E-state index is 0.361. The molecule has 1 rings (SSSR count). The summed E-state index contributed by atoms with van der Waals surface area (Å²) >= 11 is 0. The van der Waals surface area contributed by atoms with Crippen molar-refractivity contribution in [2.24, 2.45) is 0 Å². The average Bonchev–Trinajstić information content (AvgIpc) is 2.34. The molecule has 1 aromatic rings. The van der Waals surface area contributed by atoms with E-state index in [1.165, 1.54) is 18.4 Å². The van der Waals surface area contributed by atoms with Crippen molar-refractivity contribution in [3.8, 4) is 5.75 Å². The van der Waals surface area contributed by atoms with Crippen molar-refractivity contribution in [1.29, 1.82) is 0 Å². The second kappa shape index (κ2) is 7.29. The van der Waals surface area contributed by atoms with Crippen LogP contribution in [0.3, 0.4) is 0 Å². The number of ether oxygens (including phenoxy) is 1. The summed E-state index contributed by atoms with van der Waals surface area (Å²) in [5.41, 5.74) is 1.35. The molecule has 90 valence electrons. The van der Waals surface area contributed by atoms with Crippen LogP contribution in [-0.2, 0) is 6.42 Å². The molecule has 0 aliphatic heterocycles. The lowest BCUT2D eigenvalue weighted by Gasteiger charge is -2.10. The van der Waals surface area contributed by atoms with E-state index in [0.29, 0.717) is 6.61 Å². The van der Waals surface area contributed by atoms with E-state index in [1.54, 1.807) is 0 Å². The summed E-state index contributed by atoms with van der Waals surface area (Å²) in [4.78, 5) is 0. The fourth-order valence-corrected chi connectivity index (χ4v) is 1.44. The van der Waals surface area contributed by atoms with Crippen molar-refractivity contribution in [3.05, 3.63) is 29.8 Å². The standard InChI is InChI=1S/C14H22O2/c1-3-5-6-12-7-9-14(10-8-12)16-11-13(15)4-2/h7-10,13,15H,3-6,11H2,1-2H3. The Morgan fingerprint density at radius 3 is 2.44 bits per heavy atom. The average molecular weight is 222 g/mol. The normalized spacial score (nSPS) is 12.4. The van der Waals surface area contributed by atoms with E-state index in [9.17, 15) is 5.11 Å². The van der Waals surface area contributed by atoms with Crippen molar-refractivity contribution in [2.75, 3.05) is 6.61 Å². The van der Waals surface area contributed by atoms with Gasteiger partial charge in [0.25, 0.3) is 0 Å². The third kappa shape index (κ3) is 4.67. The zero-order chi connectivity index (χ0) is 11.8. The molecule has 0 bridgehead atoms. The lowest BCUT2D eigenvalue weighted by Crippen LogP contribution is -2.15. The van der Waals surface area contributed by atoms with Gasteiger partial charge in [-0.1, -0.05) is 32.4 Å². The molecule has 0 aliphatic carbocycles. The largest absolute Gasteiger partial charge is 0.491 e. The first kappa shape index (κ1) is 13.0. The van der Waals surface area contributed by atoms with Crippen LogP contribution in [0.2, 0.25) is 0 Å². The lowest BCUT2D eigenvalue weighted by molar-refractivity contribution is 0.104. The van der Waals surface area contributed by atoms with Crippen LogP contribution in [-0.4, -0.2) is 17.8 Å². The third-order valence-electron chi connectivity index (χ3n) is 2.66. The summed E-state index contributed by atoms with van der Waals surface area (Å²) in [5.74, 6) is 0.841. The van der Waals surface area contributed by atoms with Gasteiger partial charge in [0, 0.05) is 0 Å². The zero-order valence-corrected chi connectivity index (χ0v) is 10.3. The quantitative estimate of drug-likeness (QED) is 0.767. The number of rotatable bonds is 7. The highest BCUT2D eigenvalue weighted by Gasteiger charge is 2.01. The van der Waals surface area contributed by atoms with Gasteiger partial charge in [0.15, 0.2) is 0 Å². The van der Waals surface area contributed by atoms with Crippen LogP contribution in [0.4, 0.5) is 0 Å². The van der Waals surface area contributed by atoms with Crippen LogP contribution < -0.4 is 4.74 Å². The van der Waals surface area contributed by atoms with E-state index in [4.69, 9.17) is 4.74 Å². The molecule has 0 heterocycles. The Kier molecular flexibility index (Phi) is 5.94. The highest BCUT2D eigenvalue weighted by Crippen LogP contribution is 2.14. The molecule has 1 atom stereocenters. The molecule has 2 nitrogen and oxygen atoms in total. The van der Waals surface area contributed by atoms with Gasteiger partial charge in [-0.25, -0.2) is 0 Å². The van der Waals surface area contributed by atoms with Crippen molar-refractivity contribution in [1.82, 2.24) is 0 Å². The molecule has 0 saturated heterocycles. The predicted octanol–water partition coefficient (Wildman–Crippen LogP) is 3.18. The molecule has 1 unspecified atom stereocenters. The van der Waals surface area contributed by atoms with E-state index < -0.39 is 0 Å². The Hall–Kier alpha value is -1.02.